The summed E-state index contributed by atoms with van der Waals surface area (Å²) in [5, 5.41) is 5.00. The number of anilines is 2. The van der Waals surface area contributed by atoms with Gasteiger partial charge in [-0.1, -0.05) is 0 Å². The highest BCUT2D eigenvalue weighted by atomic mass is 32.2. The van der Waals surface area contributed by atoms with Crippen LogP contribution in [0.3, 0.4) is 0 Å². The molecule has 0 saturated carbocycles. The molecule has 1 aliphatic heterocycles. The van der Waals surface area contributed by atoms with Gasteiger partial charge in [-0.2, -0.15) is 0 Å². The Balaban J connectivity index is 1.69. The Morgan fingerprint density at radius 3 is 2.33 bits per heavy atom. The molecule has 0 aliphatic carbocycles. The predicted molar refractivity (Wildman–Crippen MR) is 101 cm³/mol. The van der Waals surface area contributed by atoms with E-state index in [9.17, 15) is 18.0 Å². The topological polar surface area (TPSA) is 123 Å². The van der Waals surface area contributed by atoms with Crippen molar-refractivity contribution in [2.45, 2.75) is 17.7 Å². The van der Waals surface area contributed by atoms with Gasteiger partial charge in [0, 0.05) is 37.7 Å². The SMILES string of the molecule is CNC(=O)Nc1ccc(NS(=O)(=O)c2c[nH]c(C(=O)N3CCCC3)c2)cc1. The van der Waals surface area contributed by atoms with Gasteiger partial charge in [0.1, 0.15) is 10.6 Å². The zero-order chi connectivity index (χ0) is 19.4. The van der Waals surface area contributed by atoms with Crippen molar-refractivity contribution in [3.05, 3.63) is 42.2 Å². The molecular weight excluding hydrogens is 370 g/mol. The highest BCUT2D eigenvalue weighted by molar-refractivity contribution is 7.92. The maximum absolute atomic E-state index is 12.5. The van der Waals surface area contributed by atoms with E-state index >= 15 is 0 Å². The lowest BCUT2D eigenvalue weighted by atomic mass is 10.3. The minimum Gasteiger partial charge on any atom is -0.356 e. The smallest absolute Gasteiger partial charge is 0.318 e. The Bertz CT molecular complexity index is 930. The Morgan fingerprint density at radius 2 is 1.70 bits per heavy atom. The number of H-pyrrole nitrogens is 1. The average Bonchev–Trinajstić information content (AvgIpc) is 3.34. The first kappa shape index (κ1) is 18.8. The van der Waals surface area contributed by atoms with Crippen molar-refractivity contribution in [1.29, 1.82) is 0 Å². The molecule has 0 atom stereocenters. The van der Waals surface area contributed by atoms with Gasteiger partial charge in [-0.05, 0) is 43.2 Å². The summed E-state index contributed by atoms with van der Waals surface area (Å²) >= 11 is 0. The van der Waals surface area contributed by atoms with E-state index in [1.165, 1.54) is 31.4 Å². The van der Waals surface area contributed by atoms with Crippen LogP contribution in [0.5, 0.6) is 0 Å². The van der Waals surface area contributed by atoms with Gasteiger partial charge in [0.15, 0.2) is 0 Å². The number of aromatic nitrogens is 1. The van der Waals surface area contributed by atoms with Crippen molar-refractivity contribution in [2.24, 2.45) is 0 Å². The highest BCUT2D eigenvalue weighted by Gasteiger charge is 2.23. The molecule has 3 rings (SSSR count). The lowest BCUT2D eigenvalue weighted by Gasteiger charge is -2.13. The number of hydrogen-bond donors (Lipinski definition) is 4. The molecule has 1 aromatic heterocycles. The van der Waals surface area contributed by atoms with Crippen LogP contribution in [0.4, 0.5) is 16.2 Å². The summed E-state index contributed by atoms with van der Waals surface area (Å²) in [4.78, 5) is 28.0. The zero-order valence-electron chi connectivity index (χ0n) is 14.8. The van der Waals surface area contributed by atoms with Gasteiger partial charge in [-0.3, -0.25) is 9.52 Å². The molecule has 0 radical (unpaired) electrons. The summed E-state index contributed by atoms with van der Waals surface area (Å²) in [6.45, 7) is 1.38. The number of nitrogens with zero attached hydrogens (tertiary/aromatic N) is 1. The predicted octanol–water partition coefficient (Wildman–Crippen LogP) is 1.80. The third-order valence-electron chi connectivity index (χ3n) is 4.21. The molecule has 0 unspecified atom stereocenters. The number of benzene rings is 1. The second-order valence-electron chi connectivity index (χ2n) is 6.14. The summed E-state index contributed by atoms with van der Waals surface area (Å²) in [5.74, 6) is -0.196. The van der Waals surface area contributed by atoms with Crippen LogP contribution < -0.4 is 15.4 Å². The van der Waals surface area contributed by atoms with E-state index in [1.807, 2.05) is 0 Å². The number of carbonyl (C=O) groups is 2. The van der Waals surface area contributed by atoms with E-state index in [-0.39, 0.29) is 22.5 Å². The largest absolute Gasteiger partial charge is 0.356 e. The Morgan fingerprint density at radius 1 is 1.07 bits per heavy atom. The Labute approximate surface area is 157 Å². The molecule has 0 bridgehead atoms. The van der Waals surface area contributed by atoms with Crippen LogP contribution >= 0.6 is 0 Å². The van der Waals surface area contributed by atoms with E-state index in [0.29, 0.717) is 24.5 Å². The van der Waals surface area contributed by atoms with Crippen molar-refractivity contribution in [3.63, 3.8) is 0 Å². The molecule has 10 heteroatoms. The van der Waals surface area contributed by atoms with Crippen LogP contribution in [0.1, 0.15) is 23.3 Å². The van der Waals surface area contributed by atoms with Crippen LogP contribution in [0.15, 0.2) is 41.4 Å². The molecule has 4 N–H and O–H groups in total. The van der Waals surface area contributed by atoms with E-state index in [0.717, 1.165) is 12.8 Å². The van der Waals surface area contributed by atoms with Crippen LogP contribution in [0.25, 0.3) is 0 Å². The molecule has 2 heterocycles. The minimum atomic E-state index is -3.84. The summed E-state index contributed by atoms with van der Waals surface area (Å²) < 4.78 is 27.5. The van der Waals surface area contributed by atoms with Crippen LogP contribution in [-0.4, -0.2) is 50.4 Å². The number of urea groups is 1. The highest BCUT2D eigenvalue weighted by Crippen LogP contribution is 2.20. The Hall–Kier alpha value is -3.01. The fraction of sp³-hybridized carbons (Fsp3) is 0.294. The molecule has 9 nitrogen and oxygen atoms in total. The zero-order valence-corrected chi connectivity index (χ0v) is 15.6. The summed E-state index contributed by atoms with van der Waals surface area (Å²) in [6.07, 6.45) is 3.22. The lowest BCUT2D eigenvalue weighted by Crippen LogP contribution is -2.27. The number of carbonyl (C=O) groups excluding carboxylic acids is 2. The fourth-order valence-corrected chi connectivity index (χ4v) is 3.82. The van der Waals surface area contributed by atoms with E-state index in [2.05, 4.69) is 20.3 Å². The molecule has 1 fully saturated rings. The Kier molecular flexibility index (Phi) is 5.36. The molecule has 1 saturated heterocycles. The van der Waals surface area contributed by atoms with Gasteiger partial charge < -0.3 is 20.5 Å². The quantitative estimate of drug-likeness (QED) is 0.620. The van der Waals surface area contributed by atoms with Crippen LogP contribution in [0, 0.1) is 0 Å². The van der Waals surface area contributed by atoms with Crippen molar-refractivity contribution in [2.75, 3.05) is 30.2 Å². The number of rotatable bonds is 5. The molecule has 27 heavy (non-hydrogen) atoms. The third-order valence-corrected chi connectivity index (χ3v) is 5.57. The molecular formula is C17H21N5O4S. The van der Waals surface area contributed by atoms with Crippen molar-refractivity contribution >= 4 is 33.3 Å². The van der Waals surface area contributed by atoms with Crippen molar-refractivity contribution < 1.29 is 18.0 Å². The van der Waals surface area contributed by atoms with Crippen molar-refractivity contribution in [3.8, 4) is 0 Å². The van der Waals surface area contributed by atoms with Gasteiger partial charge >= 0.3 is 6.03 Å². The van der Waals surface area contributed by atoms with Gasteiger partial charge in [0.2, 0.25) is 0 Å². The number of sulfonamides is 1. The lowest BCUT2D eigenvalue weighted by molar-refractivity contribution is 0.0787. The van der Waals surface area contributed by atoms with E-state index in [4.69, 9.17) is 0 Å². The number of hydrogen-bond acceptors (Lipinski definition) is 4. The molecule has 3 amide bonds. The summed E-state index contributed by atoms with van der Waals surface area (Å²) in [5.41, 5.74) is 1.12. The summed E-state index contributed by atoms with van der Waals surface area (Å²) in [6, 6.07) is 7.19. The molecule has 1 aromatic carbocycles. The average molecular weight is 391 g/mol. The first-order valence-electron chi connectivity index (χ1n) is 8.48. The second kappa shape index (κ2) is 7.70. The van der Waals surface area contributed by atoms with Crippen molar-refractivity contribution in [1.82, 2.24) is 15.2 Å². The van der Waals surface area contributed by atoms with Gasteiger partial charge in [-0.15, -0.1) is 0 Å². The molecule has 0 spiro atoms. The standard InChI is InChI=1S/C17H21N5O4S/c1-18-17(24)20-12-4-6-13(7-5-12)21-27(25,26)14-10-15(19-11-14)16(23)22-8-2-3-9-22/h4-7,10-11,19,21H,2-3,8-9H2,1H3,(H2,18,20,24). The molecule has 1 aliphatic rings. The third kappa shape index (κ3) is 4.40. The second-order valence-corrected chi connectivity index (χ2v) is 7.82. The van der Waals surface area contributed by atoms with Crippen LogP contribution in [-0.2, 0) is 10.0 Å². The molecule has 2 aromatic rings. The number of amides is 3. The fourth-order valence-electron chi connectivity index (χ4n) is 2.77. The summed E-state index contributed by atoms with van der Waals surface area (Å²) in [7, 11) is -2.34. The van der Waals surface area contributed by atoms with Gasteiger partial charge in [0.25, 0.3) is 15.9 Å². The maximum Gasteiger partial charge on any atom is 0.318 e. The minimum absolute atomic E-state index is 0.0161. The first-order valence-corrected chi connectivity index (χ1v) is 9.97. The number of aromatic amines is 1. The van der Waals surface area contributed by atoms with Gasteiger partial charge in [-0.25, -0.2) is 13.2 Å². The maximum atomic E-state index is 12.5. The van der Waals surface area contributed by atoms with Crippen LogP contribution in [0.2, 0.25) is 0 Å². The van der Waals surface area contributed by atoms with E-state index in [1.54, 1.807) is 17.0 Å². The normalized spacial score (nSPS) is 14.0. The number of nitrogens with one attached hydrogen (secondary N) is 4. The first-order chi connectivity index (χ1) is 12.9. The monoisotopic (exact) mass is 391 g/mol. The molecule has 144 valence electrons. The van der Waals surface area contributed by atoms with Gasteiger partial charge in [0.05, 0.1) is 0 Å². The number of likely N-dealkylation sites (tertiary alicyclic amines) is 1. The van der Waals surface area contributed by atoms with E-state index < -0.39 is 10.0 Å².